The van der Waals surface area contributed by atoms with Crippen molar-refractivity contribution in [3.8, 4) is 0 Å². The topological polar surface area (TPSA) is 3.24 Å². The number of hydrogen-bond acceptors (Lipinski definition) is 3. The highest BCUT2D eigenvalue weighted by Crippen LogP contribution is 2.13. The van der Waals surface area contributed by atoms with E-state index in [1.54, 1.807) is 0 Å². The van der Waals surface area contributed by atoms with Gasteiger partial charge in [-0.15, -0.1) is 11.3 Å². The SMILES string of the molecule is CCN(Cc1cccs1)CC(C)CS. The van der Waals surface area contributed by atoms with Crippen LogP contribution in [0.15, 0.2) is 17.5 Å². The van der Waals surface area contributed by atoms with Crippen LogP contribution < -0.4 is 0 Å². The van der Waals surface area contributed by atoms with Crippen LogP contribution in [0.2, 0.25) is 0 Å². The summed E-state index contributed by atoms with van der Waals surface area (Å²) in [5.41, 5.74) is 0. The third-order valence-electron chi connectivity index (χ3n) is 2.29. The third-order valence-corrected chi connectivity index (χ3v) is 3.77. The Kier molecular flexibility index (Phi) is 5.60. The molecule has 1 aromatic rings. The summed E-state index contributed by atoms with van der Waals surface area (Å²) < 4.78 is 0. The van der Waals surface area contributed by atoms with Crippen LogP contribution in [0.3, 0.4) is 0 Å². The zero-order valence-corrected chi connectivity index (χ0v) is 10.7. The molecular weight excluding hydrogens is 210 g/mol. The highest BCUT2D eigenvalue weighted by atomic mass is 32.1. The van der Waals surface area contributed by atoms with Gasteiger partial charge in [0, 0.05) is 18.0 Å². The molecule has 0 saturated carbocycles. The summed E-state index contributed by atoms with van der Waals surface area (Å²) in [4.78, 5) is 3.94. The van der Waals surface area contributed by atoms with E-state index in [9.17, 15) is 0 Å². The number of rotatable bonds is 6. The molecule has 1 rings (SSSR count). The fourth-order valence-electron chi connectivity index (χ4n) is 1.43. The maximum atomic E-state index is 4.32. The Morgan fingerprint density at radius 1 is 1.57 bits per heavy atom. The summed E-state index contributed by atoms with van der Waals surface area (Å²) in [6.07, 6.45) is 0. The lowest BCUT2D eigenvalue weighted by molar-refractivity contribution is 0.252. The lowest BCUT2D eigenvalue weighted by atomic mass is 10.2. The van der Waals surface area contributed by atoms with E-state index in [4.69, 9.17) is 0 Å². The maximum Gasteiger partial charge on any atom is 0.0327 e. The highest BCUT2D eigenvalue weighted by Gasteiger charge is 2.08. The van der Waals surface area contributed by atoms with Crippen molar-refractivity contribution in [3.05, 3.63) is 22.4 Å². The standard InChI is InChI=1S/C11H19NS2/c1-3-12(7-10(2)9-13)8-11-5-4-6-14-11/h4-6,10,13H,3,7-9H2,1-2H3. The average Bonchev–Trinajstić information content (AvgIpc) is 2.69. The Labute approximate surface area is 96.5 Å². The molecule has 0 spiro atoms. The van der Waals surface area contributed by atoms with Crippen LogP contribution in [-0.4, -0.2) is 23.7 Å². The second kappa shape index (κ2) is 6.49. The molecule has 0 bridgehead atoms. The normalized spacial score (nSPS) is 13.4. The van der Waals surface area contributed by atoms with Crippen molar-refractivity contribution in [1.29, 1.82) is 0 Å². The maximum absolute atomic E-state index is 4.32. The van der Waals surface area contributed by atoms with Gasteiger partial charge in [0.15, 0.2) is 0 Å². The minimum atomic E-state index is 0.679. The van der Waals surface area contributed by atoms with Crippen LogP contribution in [0.4, 0.5) is 0 Å². The summed E-state index contributed by atoms with van der Waals surface area (Å²) >= 11 is 6.16. The van der Waals surface area contributed by atoms with Crippen LogP contribution in [0.25, 0.3) is 0 Å². The van der Waals surface area contributed by atoms with Crippen LogP contribution in [0, 0.1) is 5.92 Å². The molecule has 80 valence electrons. The van der Waals surface area contributed by atoms with E-state index >= 15 is 0 Å². The predicted molar refractivity (Wildman–Crippen MR) is 68.3 cm³/mol. The molecule has 1 atom stereocenters. The van der Waals surface area contributed by atoms with Gasteiger partial charge in [0.05, 0.1) is 0 Å². The highest BCUT2D eigenvalue weighted by molar-refractivity contribution is 7.80. The van der Waals surface area contributed by atoms with E-state index in [1.165, 1.54) is 4.88 Å². The van der Waals surface area contributed by atoms with Gasteiger partial charge in [-0.2, -0.15) is 12.6 Å². The van der Waals surface area contributed by atoms with Gasteiger partial charge in [-0.05, 0) is 29.7 Å². The van der Waals surface area contributed by atoms with Gasteiger partial charge >= 0.3 is 0 Å². The molecule has 0 aliphatic heterocycles. The van der Waals surface area contributed by atoms with Gasteiger partial charge in [-0.25, -0.2) is 0 Å². The summed E-state index contributed by atoms with van der Waals surface area (Å²) in [5.74, 6) is 1.65. The number of thiol groups is 1. The Morgan fingerprint density at radius 2 is 2.36 bits per heavy atom. The molecule has 3 heteroatoms. The van der Waals surface area contributed by atoms with E-state index in [-0.39, 0.29) is 0 Å². The first kappa shape index (κ1) is 12.1. The van der Waals surface area contributed by atoms with Gasteiger partial charge < -0.3 is 0 Å². The second-order valence-electron chi connectivity index (χ2n) is 3.69. The smallest absolute Gasteiger partial charge is 0.0327 e. The number of nitrogens with zero attached hydrogens (tertiary/aromatic N) is 1. The fraction of sp³-hybridized carbons (Fsp3) is 0.636. The molecule has 0 fully saturated rings. The van der Waals surface area contributed by atoms with E-state index in [0.717, 1.165) is 25.4 Å². The summed E-state index contributed by atoms with van der Waals surface area (Å²) in [6, 6.07) is 4.33. The van der Waals surface area contributed by atoms with Crippen molar-refractivity contribution in [2.24, 2.45) is 5.92 Å². The zero-order valence-electron chi connectivity index (χ0n) is 8.94. The lowest BCUT2D eigenvalue weighted by Crippen LogP contribution is -2.28. The first-order valence-corrected chi connectivity index (χ1v) is 6.63. The van der Waals surface area contributed by atoms with Crippen LogP contribution in [0.5, 0.6) is 0 Å². The Bertz CT molecular complexity index is 233. The van der Waals surface area contributed by atoms with Crippen molar-refractivity contribution in [1.82, 2.24) is 4.90 Å². The van der Waals surface area contributed by atoms with Crippen LogP contribution >= 0.6 is 24.0 Å². The largest absolute Gasteiger partial charge is 0.298 e. The summed E-state index contributed by atoms with van der Waals surface area (Å²) in [6.45, 7) is 7.84. The Morgan fingerprint density at radius 3 is 2.86 bits per heavy atom. The van der Waals surface area contributed by atoms with E-state index in [0.29, 0.717) is 5.92 Å². The molecule has 0 saturated heterocycles. The molecule has 1 heterocycles. The van der Waals surface area contributed by atoms with Gasteiger partial charge in [-0.3, -0.25) is 4.90 Å². The van der Waals surface area contributed by atoms with Crippen molar-refractivity contribution < 1.29 is 0 Å². The Hall–Kier alpha value is 0.01000. The lowest BCUT2D eigenvalue weighted by Gasteiger charge is -2.22. The first-order valence-electron chi connectivity index (χ1n) is 5.11. The molecule has 0 radical (unpaired) electrons. The molecule has 0 aliphatic carbocycles. The van der Waals surface area contributed by atoms with E-state index in [2.05, 4.69) is 48.9 Å². The molecule has 1 nitrogen and oxygen atoms in total. The summed E-state index contributed by atoms with van der Waals surface area (Å²) in [7, 11) is 0. The van der Waals surface area contributed by atoms with Crippen molar-refractivity contribution >= 4 is 24.0 Å². The predicted octanol–water partition coefficient (Wildman–Crippen LogP) is 3.14. The van der Waals surface area contributed by atoms with E-state index in [1.807, 2.05) is 11.3 Å². The Balaban J connectivity index is 2.39. The second-order valence-corrected chi connectivity index (χ2v) is 5.09. The molecule has 0 aromatic carbocycles. The van der Waals surface area contributed by atoms with Crippen molar-refractivity contribution in [3.63, 3.8) is 0 Å². The van der Waals surface area contributed by atoms with Crippen LogP contribution in [-0.2, 0) is 6.54 Å². The van der Waals surface area contributed by atoms with Crippen molar-refractivity contribution in [2.75, 3.05) is 18.8 Å². The first-order chi connectivity index (χ1) is 6.76. The number of thiophene rings is 1. The van der Waals surface area contributed by atoms with Gasteiger partial charge in [0.2, 0.25) is 0 Å². The number of hydrogen-bond donors (Lipinski definition) is 1. The third kappa shape index (κ3) is 4.03. The average molecular weight is 229 g/mol. The molecular formula is C11H19NS2. The molecule has 1 aromatic heterocycles. The molecule has 14 heavy (non-hydrogen) atoms. The zero-order chi connectivity index (χ0) is 10.4. The van der Waals surface area contributed by atoms with Crippen molar-refractivity contribution in [2.45, 2.75) is 20.4 Å². The minimum absolute atomic E-state index is 0.679. The minimum Gasteiger partial charge on any atom is -0.298 e. The molecule has 0 N–H and O–H groups in total. The molecule has 1 unspecified atom stereocenters. The van der Waals surface area contributed by atoms with E-state index < -0.39 is 0 Å². The van der Waals surface area contributed by atoms with Gasteiger partial charge in [0.25, 0.3) is 0 Å². The molecule has 0 aliphatic rings. The summed E-state index contributed by atoms with van der Waals surface area (Å²) in [5, 5.41) is 2.14. The van der Waals surface area contributed by atoms with Gasteiger partial charge in [-0.1, -0.05) is 19.9 Å². The van der Waals surface area contributed by atoms with Crippen LogP contribution in [0.1, 0.15) is 18.7 Å². The monoisotopic (exact) mass is 229 g/mol. The quantitative estimate of drug-likeness (QED) is 0.734. The molecule has 0 amide bonds. The van der Waals surface area contributed by atoms with Gasteiger partial charge in [0.1, 0.15) is 0 Å². The fourth-order valence-corrected chi connectivity index (χ4v) is 2.29.